The molecule has 2 aromatic rings. The molecule has 0 aliphatic rings. The average molecular weight is 253 g/mol. The predicted molar refractivity (Wildman–Crippen MR) is 76.5 cm³/mol. The smallest absolute Gasteiger partial charge is 0.248 e. The fourth-order valence-electron chi connectivity index (χ4n) is 1.61. The Morgan fingerprint density at radius 2 is 1.74 bits per heavy atom. The van der Waals surface area contributed by atoms with E-state index in [9.17, 15) is 4.79 Å². The van der Waals surface area contributed by atoms with E-state index >= 15 is 0 Å². The molecule has 0 heterocycles. The van der Waals surface area contributed by atoms with Crippen molar-refractivity contribution in [3.05, 3.63) is 71.8 Å². The minimum absolute atomic E-state index is 0.00212. The lowest BCUT2D eigenvalue weighted by Crippen LogP contribution is -2.07. The molecule has 0 aliphatic heterocycles. The highest BCUT2D eigenvalue weighted by molar-refractivity contribution is 6.01. The van der Waals surface area contributed by atoms with Gasteiger partial charge >= 0.3 is 0 Å². The fraction of sp³-hybridized carbons (Fsp3) is 0.0625. The molecule has 0 bridgehead atoms. The summed E-state index contributed by atoms with van der Waals surface area (Å²) in [6.07, 6.45) is 3.26. The molecule has 3 heteroatoms. The van der Waals surface area contributed by atoms with Gasteiger partial charge in [0.25, 0.3) is 0 Å². The van der Waals surface area contributed by atoms with E-state index in [4.69, 9.17) is 5.11 Å². The maximum absolute atomic E-state index is 11.7. The number of aliphatic hydroxyl groups is 1. The summed E-state index contributed by atoms with van der Waals surface area (Å²) in [5.74, 6) is -0.180. The first-order valence-corrected chi connectivity index (χ1v) is 6.02. The molecular weight excluding hydrogens is 238 g/mol. The molecule has 0 spiro atoms. The molecule has 0 radical (unpaired) electrons. The van der Waals surface area contributed by atoms with E-state index in [0.29, 0.717) is 5.69 Å². The van der Waals surface area contributed by atoms with Gasteiger partial charge in [0.15, 0.2) is 0 Å². The van der Waals surface area contributed by atoms with Crippen molar-refractivity contribution in [2.24, 2.45) is 0 Å². The zero-order valence-corrected chi connectivity index (χ0v) is 10.4. The molecule has 0 saturated heterocycles. The molecule has 2 N–H and O–H groups in total. The molecule has 0 aliphatic carbocycles. The van der Waals surface area contributed by atoms with Gasteiger partial charge in [-0.3, -0.25) is 4.79 Å². The number of hydrogen-bond donors (Lipinski definition) is 2. The molecule has 96 valence electrons. The number of carbonyl (C=O) groups is 1. The van der Waals surface area contributed by atoms with Crippen LogP contribution in [0.3, 0.4) is 0 Å². The number of rotatable bonds is 4. The van der Waals surface area contributed by atoms with E-state index in [1.165, 1.54) is 6.08 Å². The topological polar surface area (TPSA) is 49.3 Å². The molecule has 19 heavy (non-hydrogen) atoms. The van der Waals surface area contributed by atoms with Gasteiger partial charge in [-0.05, 0) is 29.3 Å². The molecule has 2 rings (SSSR count). The summed E-state index contributed by atoms with van der Waals surface area (Å²) in [6.45, 7) is 0.00212. The van der Waals surface area contributed by atoms with E-state index in [2.05, 4.69) is 5.32 Å². The monoisotopic (exact) mass is 253 g/mol. The number of anilines is 1. The number of benzene rings is 2. The van der Waals surface area contributed by atoms with Gasteiger partial charge in [-0.2, -0.15) is 0 Å². The second kappa shape index (κ2) is 6.52. The van der Waals surface area contributed by atoms with E-state index in [1.54, 1.807) is 30.3 Å². The van der Waals surface area contributed by atoms with Crippen LogP contribution in [0.1, 0.15) is 11.1 Å². The van der Waals surface area contributed by atoms with Crippen LogP contribution in [0.2, 0.25) is 0 Å². The van der Waals surface area contributed by atoms with Crippen molar-refractivity contribution in [2.45, 2.75) is 6.61 Å². The van der Waals surface area contributed by atoms with Crippen molar-refractivity contribution in [1.82, 2.24) is 0 Å². The Hall–Kier alpha value is -2.39. The van der Waals surface area contributed by atoms with Crippen LogP contribution in [0.25, 0.3) is 6.08 Å². The summed E-state index contributed by atoms with van der Waals surface area (Å²) in [5, 5.41) is 11.7. The highest BCUT2D eigenvalue weighted by Crippen LogP contribution is 2.09. The predicted octanol–water partition coefficient (Wildman–Crippen LogP) is 2.83. The molecule has 0 unspecified atom stereocenters. The lowest BCUT2D eigenvalue weighted by molar-refractivity contribution is -0.111. The molecule has 3 nitrogen and oxygen atoms in total. The summed E-state index contributed by atoms with van der Waals surface area (Å²) in [5.41, 5.74) is 2.51. The van der Waals surface area contributed by atoms with Gasteiger partial charge in [0.2, 0.25) is 5.91 Å². The normalized spacial score (nSPS) is 10.6. The van der Waals surface area contributed by atoms with Crippen LogP contribution in [0.4, 0.5) is 5.69 Å². The first kappa shape index (κ1) is 13.1. The Labute approximate surface area is 112 Å². The Morgan fingerprint density at radius 1 is 1.05 bits per heavy atom. The lowest BCUT2D eigenvalue weighted by Gasteiger charge is -2.02. The molecular formula is C16H15NO2. The Balaban J connectivity index is 1.95. The summed E-state index contributed by atoms with van der Waals surface area (Å²) < 4.78 is 0. The van der Waals surface area contributed by atoms with Crippen LogP contribution < -0.4 is 5.32 Å². The number of nitrogens with one attached hydrogen (secondary N) is 1. The number of amides is 1. The number of aliphatic hydroxyl groups excluding tert-OH is 1. The third-order valence-electron chi connectivity index (χ3n) is 2.63. The summed E-state index contributed by atoms with van der Waals surface area (Å²) in [6, 6.07) is 16.7. The van der Waals surface area contributed by atoms with Crippen LogP contribution in [0, 0.1) is 0 Å². The van der Waals surface area contributed by atoms with E-state index in [1.807, 2.05) is 30.3 Å². The van der Waals surface area contributed by atoms with Crippen molar-refractivity contribution in [2.75, 3.05) is 5.32 Å². The maximum Gasteiger partial charge on any atom is 0.248 e. The van der Waals surface area contributed by atoms with Crippen molar-refractivity contribution in [3.63, 3.8) is 0 Å². The van der Waals surface area contributed by atoms with Crippen molar-refractivity contribution < 1.29 is 9.90 Å². The van der Waals surface area contributed by atoms with Crippen LogP contribution in [0.15, 0.2) is 60.7 Å². The summed E-state index contributed by atoms with van der Waals surface area (Å²) in [7, 11) is 0. The second-order valence-corrected chi connectivity index (χ2v) is 4.09. The third-order valence-corrected chi connectivity index (χ3v) is 2.63. The SMILES string of the molecule is O=C(C=Cc1ccccc1)Nc1ccc(CO)cc1. The zero-order valence-electron chi connectivity index (χ0n) is 10.4. The standard InChI is InChI=1S/C16H15NO2/c18-12-14-6-9-15(10-7-14)17-16(19)11-8-13-4-2-1-3-5-13/h1-11,18H,12H2,(H,17,19). The Kier molecular flexibility index (Phi) is 4.48. The first-order valence-electron chi connectivity index (χ1n) is 6.02. The Bertz CT molecular complexity index is 559. The van der Waals surface area contributed by atoms with E-state index in [0.717, 1.165) is 11.1 Å². The molecule has 0 atom stereocenters. The molecule has 0 saturated carbocycles. The minimum atomic E-state index is -0.180. The quantitative estimate of drug-likeness (QED) is 0.823. The Morgan fingerprint density at radius 3 is 2.37 bits per heavy atom. The summed E-state index contributed by atoms with van der Waals surface area (Å²) in [4.78, 5) is 11.7. The first-order chi connectivity index (χ1) is 9.28. The lowest BCUT2D eigenvalue weighted by atomic mass is 10.2. The third kappa shape index (κ3) is 4.08. The van der Waals surface area contributed by atoms with Crippen molar-refractivity contribution in [3.8, 4) is 0 Å². The van der Waals surface area contributed by atoms with Gasteiger partial charge in [0.1, 0.15) is 0 Å². The number of carbonyl (C=O) groups excluding carboxylic acids is 1. The minimum Gasteiger partial charge on any atom is -0.392 e. The van der Waals surface area contributed by atoms with Crippen molar-refractivity contribution in [1.29, 1.82) is 0 Å². The maximum atomic E-state index is 11.7. The molecule has 2 aromatic carbocycles. The van der Waals surface area contributed by atoms with Crippen LogP contribution in [0.5, 0.6) is 0 Å². The van der Waals surface area contributed by atoms with Gasteiger partial charge in [-0.1, -0.05) is 42.5 Å². The van der Waals surface area contributed by atoms with Gasteiger partial charge in [-0.25, -0.2) is 0 Å². The largest absolute Gasteiger partial charge is 0.392 e. The number of hydrogen-bond acceptors (Lipinski definition) is 2. The molecule has 0 aromatic heterocycles. The van der Waals surface area contributed by atoms with E-state index < -0.39 is 0 Å². The van der Waals surface area contributed by atoms with Gasteiger partial charge in [-0.15, -0.1) is 0 Å². The van der Waals surface area contributed by atoms with E-state index in [-0.39, 0.29) is 12.5 Å². The van der Waals surface area contributed by atoms with Crippen molar-refractivity contribution >= 4 is 17.7 Å². The highest BCUT2D eigenvalue weighted by atomic mass is 16.3. The van der Waals surface area contributed by atoms with Gasteiger partial charge in [0.05, 0.1) is 6.61 Å². The van der Waals surface area contributed by atoms with Gasteiger partial charge < -0.3 is 10.4 Å². The van der Waals surface area contributed by atoms with Gasteiger partial charge in [0, 0.05) is 11.8 Å². The second-order valence-electron chi connectivity index (χ2n) is 4.09. The molecule has 0 fully saturated rings. The zero-order chi connectivity index (χ0) is 13.5. The highest BCUT2D eigenvalue weighted by Gasteiger charge is 1.97. The van der Waals surface area contributed by atoms with Crippen LogP contribution in [-0.4, -0.2) is 11.0 Å². The fourth-order valence-corrected chi connectivity index (χ4v) is 1.61. The molecule has 1 amide bonds. The van der Waals surface area contributed by atoms with Crippen LogP contribution in [-0.2, 0) is 11.4 Å². The average Bonchev–Trinajstić information content (AvgIpc) is 2.47. The van der Waals surface area contributed by atoms with Crippen LogP contribution >= 0.6 is 0 Å². The summed E-state index contributed by atoms with van der Waals surface area (Å²) >= 11 is 0.